The number of hydrogen-bond acceptors (Lipinski definition) is 2. The molecule has 1 aromatic carbocycles. The van der Waals surface area contributed by atoms with E-state index < -0.39 is 0 Å². The van der Waals surface area contributed by atoms with Crippen LogP contribution in [0.15, 0.2) is 18.2 Å². The van der Waals surface area contributed by atoms with E-state index in [9.17, 15) is 4.79 Å². The zero-order chi connectivity index (χ0) is 13.5. The summed E-state index contributed by atoms with van der Waals surface area (Å²) in [5, 5.41) is 6.43. The van der Waals surface area contributed by atoms with Gasteiger partial charge in [-0.3, -0.25) is 4.79 Å². The Morgan fingerprint density at radius 1 is 1.47 bits per heavy atom. The second-order valence-corrected chi connectivity index (χ2v) is 6.50. The standard InChI is InChI=1S/C16H22N2O/c1-16(2)9-13(16)10-18-15(19)12-5-6-14-11(8-12)4-3-7-17-14/h5-6,8,13,17H,3-4,7,9-10H2,1-2H3,(H,18,19). The highest BCUT2D eigenvalue weighted by molar-refractivity contribution is 5.95. The van der Waals surface area contributed by atoms with Gasteiger partial charge in [0.25, 0.3) is 5.91 Å². The van der Waals surface area contributed by atoms with Crippen molar-refractivity contribution in [2.24, 2.45) is 11.3 Å². The van der Waals surface area contributed by atoms with Crippen molar-refractivity contribution in [3.63, 3.8) is 0 Å². The maximum absolute atomic E-state index is 12.1. The number of hydrogen-bond donors (Lipinski definition) is 2. The molecule has 0 bridgehead atoms. The zero-order valence-corrected chi connectivity index (χ0v) is 11.8. The molecule has 0 aromatic heterocycles. The van der Waals surface area contributed by atoms with Gasteiger partial charge in [0.2, 0.25) is 0 Å². The van der Waals surface area contributed by atoms with Crippen LogP contribution in [0, 0.1) is 11.3 Å². The molecule has 1 aromatic rings. The number of benzene rings is 1. The van der Waals surface area contributed by atoms with Gasteiger partial charge < -0.3 is 10.6 Å². The molecule has 3 heteroatoms. The van der Waals surface area contributed by atoms with E-state index >= 15 is 0 Å². The van der Waals surface area contributed by atoms with E-state index in [4.69, 9.17) is 0 Å². The van der Waals surface area contributed by atoms with Crippen LogP contribution in [-0.2, 0) is 6.42 Å². The SMILES string of the molecule is CC1(C)CC1CNC(=O)c1ccc2c(c1)CCCN2. The number of fused-ring (bicyclic) bond motifs is 1. The van der Waals surface area contributed by atoms with Crippen molar-refractivity contribution in [2.45, 2.75) is 33.1 Å². The Labute approximate surface area is 114 Å². The van der Waals surface area contributed by atoms with Crippen LogP contribution >= 0.6 is 0 Å². The number of amides is 1. The summed E-state index contributed by atoms with van der Waals surface area (Å²) >= 11 is 0. The topological polar surface area (TPSA) is 41.1 Å². The molecule has 0 saturated heterocycles. The molecular weight excluding hydrogens is 236 g/mol. The van der Waals surface area contributed by atoms with Crippen molar-refractivity contribution in [1.82, 2.24) is 5.32 Å². The Bertz CT molecular complexity index is 507. The fourth-order valence-corrected chi connectivity index (χ4v) is 2.86. The van der Waals surface area contributed by atoms with Crippen molar-refractivity contribution in [1.29, 1.82) is 0 Å². The first-order valence-electron chi connectivity index (χ1n) is 7.21. The lowest BCUT2D eigenvalue weighted by Gasteiger charge is -2.18. The summed E-state index contributed by atoms with van der Waals surface area (Å²) in [5.74, 6) is 0.715. The molecule has 1 fully saturated rings. The van der Waals surface area contributed by atoms with Gasteiger partial charge in [0.1, 0.15) is 0 Å². The average molecular weight is 258 g/mol. The Hall–Kier alpha value is -1.51. The quantitative estimate of drug-likeness (QED) is 0.875. The largest absolute Gasteiger partial charge is 0.385 e. The van der Waals surface area contributed by atoms with Crippen molar-refractivity contribution < 1.29 is 4.79 Å². The van der Waals surface area contributed by atoms with Crippen LogP contribution in [0.5, 0.6) is 0 Å². The predicted octanol–water partition coefficient (Wildman–Crippen LogP) is 2.82. The van der Waals surface area contributed by atoms with Crippen LogP contribution in [0.25, 0.3) is 0 Å². The monoisotopic (exact) mass is 258 g/mol. The first-order chi connectivity index (χ1) is 9.06. The molecule has 3 rings (SSSR count). The predicted molar refractivity (Wildman–Crippen MR) is 77.5 cm³/mol. The van der Waals surface area contributed by atoms with Crippen molar-refractivity contribution >= 4 is 11.6 Å². The lowest BCUT2D eigenvalue weighted by atomic mass is 10.0. The Morgan fingerprint density at radius 3 is 3.00 bits per heavy atom. The number of nitrogens with one attached hydrogen (secondary N) is 2. The van der Waals surface area contributed by atoms with Gasteiger partial charge in [-0.25, -0.2) is 0 Å². The molecule has 3 nitrogen and oxygen atoms in total. The lowest BCUT2D eigenvalue weighted by molar-refractivity contribution is 0.0950. The van der Waals surface area contributed by atoms with Crippen LogP contribution in [-0.4, -0.2) is 19.0 Å². The number of aryl methyl sites for hydroxylation is 1. The van der Waals surface area contributed by atoms with E-state index in [0.717, 1.165) is 31.5 Å². The lowest BCUT2D eigenvalue weighted by Crippen LogP contribution is -2.27. The van der Waals surface area contributed by atoms with Crippen molar-refractivity contribution in [3.05, 3.63) is 29.3 Å². The second-order valence-electron chi connectivity index (χ2n) is 6.50. The number of rotatable bonds is 3. The molecule has 2 N–H and O–H groups in total. The zero-order valence-electron chi connectivity index (χ0n) is 11.8. The van der Waals surface area contributed by atoms with Crippen LogP contribution < -0.4 is 10.6 Å². The molecule has 1 aliphatic carbocycles. The first-order valence-corrected chi connectivity index (χ1v) is 7.21. The third-order valence-electron chi connectivity index (χ3n) is 4.53. The van der Waals surface area contributed by atoms with Crippen molar-refractivity contribution in [3.8, 4) is 0 Å². The molecule has 102 valence electrons. The van der Waals surface area contributed by atoms with Gasteiger partial charge in [-0.2, -0.15) is 0 Å². The van der Waals surface area contributed by atoms with E-state index in [1.807, 2.05) is 18.2 Å². The van der Waals surface area contributed by atoms with Crippen LogP contribution in [0.1, 0.15) is 42.6 Å². The minimum Gasteiger partial charge on any atom is -0.385 e. The maximum atomic E-state index is 12.1. The highest BCUT2D eigenvalue weighted by atomic mass is 16.1. The third-order valence-corrected chi connectivity index (χ3v) is 4.53. The molecule has 2 aliphatic rings. The van der Waals surface area contributed by atoms with Gasteiger partial charge in [0, 0.05) is 24.3 Å². The normalized spacial score (nSPS) is 23.2. The number of carbonyl (C=O) groups excluding carboxylic acids is 1. The molecule has 1 amide bonds. The van der Waals surface area contributed by atoms with Gasteiger partial charge in [-0.05, 0) is 54.4 Å². The fraction of sp³-hybridized carbons (Fsp3) is 0.562. The molecule has 19 heavy (non-hydrogen) atoms. The highest BCUT2D eigenvalue weighted by Crippen LogP contribution is 2.50. The number of anilines is 1. The summed E-state index contributed by atoms with van der Waals surface area (Å²) in [6.07, 6.45) is 3.44. The van der Waals surface area contributed by atoms with E-state index in [1.54, 1.807) is 0 Å². The molecular formula is C16H22N2O. The van der Waals surface area contributed by atoms with E-state index in [-0.39, 0.29) is 5.91 Å². The van der Waals surface area contributed by atoms with Crippen molar-refractivity contribution in [2.75, 3.05) is 18.4 Å². The minimum atomic E-state index is 0.0658. The van der Waals surface area contributed by atoms with Crippen LogP contribution in [0.3, 0.4) is 0 Å². The van der Waals surface area contributed by atoms with Gasteiger partial charge in [-0.15, -0.1) is 0 Å². The molecule has 1 heterocycles. The second kappa shape index (κ2) is 4.55. The summed E-state index contributed by atoms with van der Waals surface area (Å²) in [6, 6.07) is 5.99. The molecule has 0 radical (unpaired) electrons. The van der Waals surface area contributed by atoms with Crippen LogP contribution in [0.4, 0.5) is 5.69 Å². The third kappa shape index (κ3) is 2.60. The van der Waals surface area contributed by atoms with E-state index in [0.29, 0.717) is 11.3 Å². The summed E-state index contributed by atoms with van der Waals surface area (Å²) < 4.78 is 0. The first kappa shape index (κ1) is 12.5. The highest BCUT2D eigenvalue weighted by Gasteiger charge is 2.45. The maximum Gasteiger partial charge on any atom is 0.251 e. The number of carbonyl (C=O) groups is 1. The Balaban J connectivity index is 1.63. The molecule has 0 spiro atoms. The summed E-state index contributed by atoms with van der Waals surface area (Å²) in [7, 11) is 0. The molecule has 1 aliphatic heterocycles. The Morgan fingerprint density at radius 2 is 2.26 bits per heavy atom. The summed E-state index contributed by atoms with van der Waals surface area (Å²) in [5.41, 5.74) is 3.67. The summed E-state index contributed by atoms with van der Waals surface area (Å²) in [6.45, 7) is 6.36. The van der Waals surface area contributed by atoms with Gasteiger partial charge in [0.05, 0.1) is 0 Å². The fourth-order valence-electron chi connectivity index (χ4n) is 2.86. The van der Waals surface area contributed by atoms with Gasteiger partial charge in [-0.1, -0.05) is 13.8 Å². The van der Waals surface area contributed by atoms with Gasteiger partial charge >= 0.3 is 0 Å². The average Bonchev–Trinajstić information content (AvgIpc) is 3.03. The minimum absolute atomic E-state index is 0.0658. The van der Waals surface area contributed by atoms with Crippen LogP contribution in [0.2, 0.25) is 0 Å². The Kier molecular flexibility index (Phi) is 3.00. The summed E-state index contributed by atoms with van der Waals surface area (Å²) in [4.78, 5) is 12.1. The van der Waals surface area contributed by atoms with E-state index in [2.05, 4.69) is 24.5 Å². The van der Waals surface area contributed by atoms with Gasteiger partial charge in [0.15, 0.2) is 0 Å². The van der Waals surface area contributed by atoms with E-state index in [1.165, 1.54) is 17.7 Å². The smallest absolute Gasteiger partial charge is 0.251 e. The molecule has 1 atom stereocenters. The molecule has 1 saturated carbocycles. The molecule has 1 unspecified atom stereocenters.